The summed E-state index contributed by atoms with van der Waals surface area (Å²) in [4.78, 5) is 35.6. The van der Waals surface area contributed by atoms with Gasteiger partial charge in [0.25, 0.3) is 17.7 Å². The van der Waals surface area contributed by atoms with Gasteiger partial charge in [0.2, 0.25) is 0 Å². The van der Waals surface area contributed by atoms with E-state index < -0.39 is 11.8 Å². The highest BCUT2D eigenvalue weighted by Crippen LogP contribution is 2.18. The van der Waals surface area contributed by atoms with Crippen LogP contribution in [0.4, 0.5) is 0 Å². The summed E-state index contributed by atoms with van der Waals surface area (Å²) in [5.74, 6) is -0.666. The lowest BCUT2D eigenvalue weighted by Gasteiger charge is -2.22. The lowest BCUT2D eigenvalue weighted by Crippen LogP contribution is -2.51. The molecule has 0 unspecified atom stereocenters. The first kappa shape index (κ1) is 19.0. The first-order valence-corrected chi connectivity index (χ1v) is 9.32. The van der Waals surface area contributed by atoms with Gasteiger partial charge in [-0.25, -0.2) is 0 Å². The minimum atomic E-state index is -0.538. The zero-order valence-corrected chi connectivity index (χ0v) is 15.6. The van der Waals surface area contributed by atoms with Crippen molar-refractivity contribution in [3.8, 4) is 5.75 Å². The monoisotopic (exact) mass is 387 g/mol. The molecular weight excluding hydrogens is 366 g/mol. The molecule has 2 aliphatic rings. The summed E-state index contributed by atoms with van der Waals surface area (Å²) >= 11 is 4.76. The van der Waals surface area contributed by atoms with E-state index >= 15 is 0 Å². The predicted octanol–water partition coefficient (Wildman–Crippen LogP) is 1.43. The van der Waals surface area contributed by atoms with E-state index in [-0.39, 0.29) is 29.2 Å². The van der Waals surface area contributed by atoms with Crippen LogP contribution in [0.5, 0.6) is 5.75 Å². The molecule has 1 aromatic rings. The summed E-state index contributed by atoms with van der Waals surface area (Å²) in [7, 11) is 0. The van der Waals surface area contributed by atoms with Crippen LogP contribution in [0.25, 0.3) is 6.08 Å². The van der Waals surface area contributed by atoms with Gasteiger partial charge in [0, 0.05) is 6.04 Å². The molecular formula is C19H21N3O4S. The van der Waals surface area contributed by atoms with E-state index in [0.717, 1.165) is 25.7 Å². The second-order valence-electron chi connectivity index (χ2n) is 6.56. The fourth-order valence-corrected chi connectivity index (χ4v) is 3.28. The Hall–Kier alpha value is -2.74. The Balaban J connectivity index is 1.53. The molecule has 3 N–H and O–H groups in total. The van der Waals surface area contributed by atoms with Crippen molar-refractivity contribution in [3.63, 3.8) is 0 Å². The number of nitrogens with one attached hydrogen (secondary N) is 3. The molecule has 7 nitrogen and oxygen atoms in total. The molecule has 0 atom stereocenters. The first-order chi connectivity index (χ1) is 13.0. The van der Waals surface area contributed by atoms with Crippen LogP contribution in [0.3, 0.4) is 0 Å². The summed E-state index contributed by atoms with van der Waals surface area (Å²) in [6.45, 7) is -0.0425. The maximum absolute atomic E-state index is 12.0. The van der Waals surface area contributed by atoms with Gasteiger partial charge in [-0.2, -0.15) is 0 Å². The summed E-state index contributed by atoms with van der Waals surface area (Å²) in [6, 6.07) is 7.03. The maximum atomic E-state index is 12.0. The predicted molar refractivity (Wildman–Crippen MR) is 104 cm³/mol. The highest BCUT2D eigenvalue weighted by Gasteiger charge is 2.25. The van der Waals surface area contributed by atoms with Crippen molar-refractivity contribution in [3.05, 3.63) is 35.4 Å². The lowest BCUT2D eigenvalue weighted by molar-refractivity contribution is -0.124. The van der Waals surface area contributed by atoms with Crippen molar-refractivity contribution in [1.82, 2.24) is 16.0 Å². The lowest BCUT2D eigenvalue weighted by atomic mass is 9.95. The average Bonchev–Trinajstić information content (AvgIpc) is 2.65. The van der Waals surface area contributed by atoms with Crippen LogP contribution < -0.4 is 20.7 Å². The summed E-state index contributed by atoms with van der Waals surface area (Å²) in [6.07, 6.45) is 7.07. The number of thiocarbonyl (C=S) groups is 1. The standard InChI is InChI=1S/C19H21N3O4S/c23-16(20-13-4-2-1-3-5-13)11-26-14-8-6-12(7-9-14)10-15-17(24)21-19(27)22-18(15)25/h6-10,13H,1-5,11H2,(H,20,23)(H2,21,22,24,25,27). The minimum absolute atomic E-state index is 0.00241. The smallest absolute Gasteiger partial charge is 0.263 e. The number of hydrogen-bond acceptors (Lipinski definition) is 5. The summed E-state index contributed by atoms with van der Waals surface area (Å²) in [5.41, 5.74) is 0.631. The molecule has 2 fully saturated rings. The molecule has 1 aliphatic carbocycles. The van der Waals surface area contributed by atoms with Gasteiger partial charge >= 0.3 is 0 Å². The molecule has 0 bridgehead atoms. The van der Waals surface area contributed by atoms with Crippen LogP contribution in [0.1, 0.15) is 37.7 Å². The molecule has 1 aliphatic heterocycles. The third kappa shape index (κ3) is 5.37. The quantitative estimate of drug-likeness (QED) is 0.404. The van der Waals surface area contributed by atoms with E-state index in [1.54, 1.807) is 24.3 Å². The molecule has 0 radical (unpaired) electrons. The minimum Gasteiger partial charge on any atom is -0.484 e. The largest absolute Gasteiger partial charge is 0.484 e. The van der Waals surface area contributed by atoms with E-state index in [0.29, 0.717) is 11.3 Å². The van der Waals surface area contributed by atoms with Gasteiger partial charge in [0.1, 0.15) is 11.3 Å². The second-order valence-corrected chi connectivity index (χ2v) is 6.96. The highest BCUT2D eigenvalue weighted by atomic mass is 32.1. The molecule has 1 saturated carbocycles. The molecule has 0 spiro atoms. The van der Waals surface area contributed by atoms with Crippen LogP contribution in [0, 0.1) is 0 Å². The molecule has 0 aromatic heterocycles. The van der Waals surface area contributed by atoms with E-state index in [1.807, 2.05) is 0 Å². The number of hydrogen-bond donors (Lipinski definition) is 3. The Morgan fingerprint density at radius 1 is 1.11 bits per heavy atom. The van der Waals surface area contributed by atoms with Crippen LogP contribution >= 0.6 is 12.2 Å². The number of rotatable bonds is 5. The van der Waals surface area contributed by atoms with E-state index in [4.69, 9.17) is 17.0 Å². The van der Waals surface area contributed by atoms with E-state index in [9.17, 15) is 14.4 Å². The van der Waals surface area contributed by atoms with Crippen LogP contribution in [0.2, 0.25) is 0 Å². The van der Waals surface area contributed by atoms with Gasteiger partial charge < -0.3 is 10.1 Å². The Bertz CT molecular complexity index is 761. The molecule has 1 saturated heterocycles. The van der Waals surface area contributed by atoms with Crippen molar-refractivity contribution >= 4 is 41.1 Å². The summed E-state index contributed by atoms with van der Waals surface area (Å²) in [5, 5.41) is 7.75. The SMILES string of the molecule is O=C(COc1ccc(C=C2C(=O)NC(=S)NC2=O)cc1)NC1CCCCC1. The highest BCUT2D eigenvalue weighted by molar-refractivity contribution is 7.80. The molecule has 142 valence electrons. The first-order valence-electron chi connectivity index (χ1n) is 8.92. The van der Waals surface area contributed by atoms with Gasteiger partial charge in [-0.3, -0.25) is 25.0 Å². The average molecular weight is 387 g/mol. The Kier molecular flexibility index (Phi) is 6.18. The van der Waals surface area contributed by atoms with E-state index in [2.05, 4.69) is 16.0 Å². The van der Waals surface area contributed by atoms with E-state index in [1.165, 1.54) is 12.5 Å². The number of benzene rings is 1. The van der Waals surface area contributed by atoms with Crippen LogP contribution in [-0.2, 0) is 14.4 Å². The van der Waals surface area contributed by atoms with Crippen molar-refractivity contribution < 1.29 is 19.1 Å². The van der Waals surface area contributed by atoms with Gasteiger partial charge in [0.15, 0.2) is 11.7 Å². The Morgan fingerprint density at radius 3 is 2.37 bits per heavy atom. The molecule has 1 aromatic carbocycles. The van der Waals surface area contributed by atoms with Gasteiger partial charge in [-0.15, -0.1) is 0 Å². The number of amides is 3. The van der Waals surface area contributed by atoms with Gasteiger partial charge in [-0.05, 0) is 48.8 Å². The maximum Gasteiger partial charge on any atom is 0.263 e. The third-order valence-electron chi connectivity index (χ3n) is 4.47. The number of carbonyl (C=O) groups is 3. The third-order valence-corrected chi connectivity index (χ3v) is 4.68. The normalized spacial score (nSPS) is 17.8. The number of carbonyl (C=O) groups excluding carboxylic acids is 3. The molecule has 3 amide bonds. The fraction of sp³-hybridized carbons (Fsp3) is 0.368. The topological polar surface area (TPSA) is 96.5 Å². The van der Waals surface area contributed by atoms with Gasteiger partial charge in [0.05, 0.1) is 0 Å². The molecule has 27 heavy (non-hydrogen) atoms. The van der Waals surface area contributed by atoms with Crippen LogP contribution in [-0.4, -0.2) is 35.5 Å². The Morgan fingerprint density at radius 2 is 1.74 bits per heavy atom. The molecule has 3 rings (SSSR count). The fourth-order valence-electron chi connectivity index (χ4n) is 3.10. The van der Waals surface area contributed by atoms with Crippen molar-refractivity contribution in [2.75, 3.05) is 6.61 Å². The van der Waals surface area contributed by atoms with Gasteiger partial charge in [-0.1, -0.05) is 31.4 Å². The molecule has 8 heteroatoms. The zero-order chi connectivity index (χ0) is 19.2. The second kappa shape index (κ2) is 8.77. The summed E-state index contributed by atoms with van der Waals surface area (Å²) < 4.78 is 5.50. The molecule has 1 heterocycles. The van der Waals surface area contributed by atoms with Crippen molar-refractivity contribution in [1.29, 1.82) is 0 Å². The van der Waals surface area contributed by atoms with Crippen molar-refractivity contribution in [2.45, 2.75) is 38.1 Å². The number of ether oxygens (including phenoxy) is 1. The Labute approximate surface area is 162 Å². The van der Waals surface area contributed by atoms with Crippen LogP contribution in [0.15, 0.2) is 29.8 Å². The van der Waals surface area contributed by atoms with Crippen molar-refractivity contribution in [2.24, 2.45) is 0 Å². The zero-order valence-electron chi connectivity index (χ0n) is 14.7.